The van der Waals surface area contributed by atoms with Gasteiger partial charge in [0.25, 0.3) is 0 Å². The van der Waals surface area contributed by atoms with Crippen LogP contribution in [0.3, 0.4) is 0 Å². The Morgan fingerprint density at radius 3 is 2.72 bits per heavy atom. The van der Waals surface area contributed by atoms with Gasteiger partial charge in [0.15, 0.2) is 0 Å². The van der Waals surface area contributed by atoms with E-state index in [2.05, 4.69) is 9.97 Å². The lowest BCUT2D eigenvalue weighted by atomic mass is 10.4. The molecule has 1 heterocycles. The molecule has 1 aromatic rings. The Bertz CT molecular complexity index is 386. The van der Waals surface area contributed by atoms with Crippen LogP contribution in [0, 0.1) is 0 Å². The summed E-state index contributed by atoms with van der Waals surface area (Å²) < 4.78 is 15.6. The van der Waals surface area contributed by atoms with Gasteiger partial charge in [-0.3, -0.25) is 0 Å². The van der Waals surface area contributed by atoms with E-state index in [1.165, 1.54) is 0 Å². The summed E-state index contributed by atoms with van der Waals surface area (Å²) in [6, 6.07) is 1.63. The minimum atomic E-state index is 0.433. The first kappa shape index (κ1) is 13.5. The van der Waals surface area contributed by atoms with Crippen molar-refractivity contribution < 1.29 is 14.2 Å². The van der Waals surface area contributed by atoms with Crippen LogP contribution in [0.4, 0.5) is 0 Å². The fraction of sp³-hybridized carbons (Fsp3) is 0.667. The monoisotopic (exact) mass is 272 g/mol. The second-order valence-electron chi connectivity index (χ2n) is 4.12. The minimum absolute atomic E-state index is 0.433. The number of methoxy groups -OCH3 is 1. The summed E-state index contributed by atoms with van der Waals surface area (Å²) in [6.45, 7) is 2.10. The van der Waals surface area contributed by atoms with E-state index in [4.69, 9.17) is 25.8 Å². The number of rotatable bonds is 8. The lowest BCUT2D eigenvalue weighted by Gasteiger charge is -2.07. The maximum Gasteiger partial charge on any atom is 0.218 e. The smallest absolute Gasteiger partial charge is 0.218 e. The highest BCUT2D eigenvalue weighted by Gasteiger charge is 2.27. The molecule has 1 aliphatic rings. The van der Waals surface area contributed by atoms with E-state index in [-0.39, 0.29) is 0 Å². The van der Waals surface area contributed by atoms with Gasteiger partial charge in [0.05, 0.1) is 19.8 Å². The van der Waals surface area contributed by atoms with Gasteiger partial charge < -0.3 is 14.2 Å². The molecule has 0 saturated heterocycles. The fourth-order valence-electron chi connectivity index (χ4n) is 1.46. The molecule has 0 aliphatic heterocycles. The summed E-state index contributed by atoms with van der Waals surface area (Å²) in [6.07, 6.45) is 2.28. The van der Waals surface area contributed by atoms with Crippen LogP contribution in [0.25, 0.3) is 0 Å². The maximum absolute atomic E-state index is 5.92. The highest BCUT2D eigenvalue weighted by molar-refractivity contribution is 6.29. The van der Waals surface area contributed by atoms with Crippen LogP contribution in [0.15, 0.2) is 6.07 Å². The van der Waals surface area contributed by atoms with Crippen molar-refractivity contribution in [3.05, 3.63) is 17.0 Å². The van der Waals surface area contributed by atoms with Gasteiger partial charge in [0, 0.05) is 19.1 Å². The third-order valence-corrected chi connectivity index (χ3v) is 2.73. The van der Waals surface area contributed by atoms with Crippen molar-refractivity contribution >= 4 is 11.6 Å². The standard InChI is InChI=1S/C12H17ClN2O3/c1-16-4-5-17-6-7-18-11-8-10(13)14-12(15-11)9-2-3-9/h8-9H,2-7H2,1H3. The lowest BCUT2D eigenvalue weighted by Crippen LogP contribution is -2.11. The van der Waals surface area contributed by atoms with E-state index in [9.17, 15) is 0 Å². The topological polar surface area (TPSA) is 53.5 Å². The average molecular weight is 273 g/mol. The van der Waals surface area contributed by atoms with Crippen molar-refractivity contribution in [2.75, 3.05) is 33.5 Å². The Kier molecular flexibility index (Phi) is 5.16. The number of hydrogen-bond acceptors (Lipinski definition) is 5. The maximum atomic E-state index is 5.92. The molecule has 6 heteroatoms. The van der Waals surface area contributed by atoms with E-state index in [0.29, 0.717) is 43.4 Å². The Morgan fingerprint density at radius 2 is 2.00 bits per heavy atom. The number of aromatic nitrogens is 2. The van der Waals surface area contributed by atoms with Crippen molar-refractivity contribution in [1.29, 1.82) is 0 Å². The number of hydrogen-bond donors (Lipinski definition) is 0. The molecule has 18 heavy (non-hydrogen) atoms. The van der Waals surface area contributed by atoms with Crippen molar-refractivity contribution in [3.8, 4) is 5.88 Å². The second-order valence-corrected chi connectivity index (χ2v) is 4.50. The van der Waals surface area contributed by atoms with Gasteiger partial charge in [-0.25, -0.2) is 4.98 Å². The molecule has 0 amide bonds. The Hall–Kier alpha value is -0.910. The molecule has 0 bridgehead atoms. The Morgan fingerprint density at radius 1 is 1.22 bits per heavy atom. The van der Waals surface area contributed by atoms with E-state index in [1.807, 2.05) is 0 Å². The lowest BCUT2D eigenvalue weighted by molar-refractivity contribution is 0.0536. The normalized spacial score (nSPS) is 14.8. The van der Waals surface area contributed by atoms with Crippen molar-refractivity contribution in [2.24, 2.45) is 0 Å². The minimum Gasteiger partial charge on any atom is -0.475 e. The molecule has 0 spiro atoms. The zero-order valence-corrected chi connectivity index (χ0v) is 11.2. The Balaban J connectivity index is 1.74. The molecule has 0 N–H and O–H groups in total. The first-order valence-electron chi connectivity index (χ1n) is 6.03. The van der Waals surface area contributed by atoms with Gasteiger partial charge in [-0.05, 0) is 12.8 Å². The number of halogens is 1. The van der Waals surface area contributed by atoms with E-state index < -0.39 is 0 Å². The summed E-state index contributed by atoms with van der Waals surface area (Å²) in [5.41, 5.74) is 0. The van der Waals surface area contributed by atoms with Gasteiger partial charge in [-0.1, -0.05) is 11.6 Å². The zero-order valence-electron chi connectivity index (χ0n) is 10.4. The molecule has 0 radical (unpaired) electrons. The molecular formula is C12H17ClN2O3. The van der Waals surface area contributed by atoms with Crippen LogP contribution in [0.2, 0.25) is 5.15 Å². The summed E-state index contributed by atoms with van der Waals surface area (Å²) in [7, 11) is 1.64. The summed E-state index contributed by atoms with van der Waals surface area (Å²) in [5.74, 6) is 1.77. The molecule has 0 atom stereocenters. The molecule has 1 fully saturated rings. The quantitative estimate of drug-likeness (QED) is 0.535. The molecule has 0 aromatic carbocycles. The predicted octanol–water partition coefficient (Wildman–Crippen LogP) is 2.05. The van der Waals surface area contributed by atoms with Crippen molar-refractivity contribution in [2.45, 2.75) is 18.8 Å². The molecular weight excluding hydrogens is 256 g/mol. The summed E-state index contributed by atoms with van der Waals surface area (Å²) in [5, 5.41) is 0.433. The van der Waals surface area contributed by atoms with Gasteiger partial charge in [-0.15, -0.1) is 0 Å². The van der Waals surface area contributed by atoms with Gasteiger partial charge in [-0.2, -0.15) is 4.98 Å². The second kappa shape index (κ2) is 6.87. The van der Waals surface area contributed by atoms with Crippen molar-refractivity contribution in [3.63, 3.8) is 0 Å². The summed E-state index contributed by atoms with van der Waals surface area (Å²) in [4.78, 5) is 8.52. The first-order valence-corrected chi connectivity index (χ1v) is 6.41. The van der Waals surface area contributed by atoms with Gasteiger partial charge >= 0.3 is 0 Å². The predicted molar refractivity (Wildman–Crippen MR) is 67.2 cm³/mol. The molecule has 1 saturated carbocycles. The SMILES string of the molecule is COCCOCCOc1cc(Cl)nc(C2CC2)n1. The molecule has 100 valence electrons. The third kappa shape index (κ3) is 4.40. The van der Waals surface area contributed by atoms with Crippen LogP contribution >= 0.6 is 11.6 Å². The van der Waals surface area contributed by atoms with Crippen LogP contribution < -0.4 is 4.74 Å². The van der Waals surface area contributed by atoms with Gasteiger partial charge in [0.2, 0.25) is 5.88 Å². The molecule has 1 aromatic heterocycles. The fourth-order valence-corrected chi connectivity index (χ4v) is 1.64. The number of ether oxygens (including phenoxy) is 3. The van der Waals surface area contributed by atoms with Crippen LogP contribution in [-0.4, -0.2) is 43.5 Å². The highest BCUT2D eigenvalue weighted by Crippen LogP contribution is 2.38. The number of nitrogens with zero attached hydrogens (tertiary/aromatic N) is 2. The van der Waals surface area contributed by atoms with E-state index in [0.717, 1.165) is 18.7 Å². The van der Waals surface area contributed by atoms with Crippen LogP contribution in [0.1, 0.15) is 24.6 Å². The highest BCUT2D eigenvalue weighted by atomic mass is 35.5. The average Bonchev–Trinajstić information content (AvgIpc) is 3.17. The summed E-state index contributed by atoms with van der Waals surface area (Å²) >= 11 is 5.92. The Labute approximate surface area is 111 Å². The molecule has 1 aliphatic carbocycles. The molecule has 2 rings (SSSR count). The van der Waals surface area contributed by atoms with Gasteiger partial charge in [0.1, 0.15) is 17.6 Å². The van der Waals surface area contributed by atoms with E-state index >= 15 is 0 Å². The van der Waals surface area contributed by atoms with E-state index in [1.54, 1.807) is 13.2 Å². The molecule has 0 unspecified atom stereocenters. The zero-order chi connectivity index (χ0) is 12.8. The largest absolute Gasteiger partial charge is 0.475 e. The molecule has 5 nitrogen and oxygen atoms in total. The van der Waals surface area contributed by atoms with Crippen LogP contribution in [-0.2, 0) is 9.47 Å². The first-order chi connectivity index (χ1) is 8.79. The van der Waals surface area contributed by atoms with Crippen molar-refractivity contribution in [1.82, 2.24) is 9.97 Å². The van der Waals surface area contributed by atoms with Crippen LogP contribution in [0.5, 0.6) is 5.88 Å². The third-order valence-electron chi connectivity index (χ3n) is 2.54.